The molecule has 4 rings (SSSR count). The molecule has 0 N–H and O–H groups in total. The average Bonchev–Trinajstić information content (AvgIpc) is 3.16. The van der Waals surface area contributed by atoms with Gasteiger partial charge in [0.1, 0.15) is 0 Å². The summed E-state index contributed by atoms with van der Waals surface area (Å²) in [6.07, 6.45) is 2.32. The molecular weight excluding hydrogens is 374 g/mol. The maximum absolute atomic E-state index is 12.9. The van der Waals surface area contributed by atoms with Gasteiger partial charge in [0.2, 0.25) is 11.8 Å². The zero-order valence-corrected chi connectivity index (χ0v) is 17.7. The molecule has 2 fully saturated rings. The van der Waals surface area contributed by atoms with Crippen LogP contribution in [0.3, 0.4) is 0 Å². The number of rotatable bonds is 6. The van der Waals surface area contributed by atoms with Gasteiger partial charge in [-0.1, -0.05) is 60.7 Å². The number of amides is 2. The van der Waals surface area contributed by atoms with E-state index in [0.29, 0.717) is 19.5 Å². The predicted octanol–water partition coefficient (Wildman–Crippen LogP) is 3.16. The van der Waals surface area contributed by atoms with Gasteiger partial charge in [-0.3, -0.25) is 14.5 Å². The van der Waals surface area contributed by atoms with Gasteiger partial charge < -0.3 is 9.80 Å². The molecule has 0 radical (unpaired) electrons. The van der Waals surface area contributed by atoms with E-state index >= 15 is 0 Å². The first-order valence-electron chi connectivity index (χ1n) is 10.9. The van der Waals surface area contributed by atoms with Gasteiger partial charge in [0.25, 0.3) is 0 Å². The summed E-state index contributed by atoms with van der Waals surface area (Å²) in [5, 5.41) is 0. The first kappa shape index (κ1) is 20.6. The highest BCUT2D eigenvalue weighted by Gasteiger charge is 2.39. The Morgan fingerprint density at radius 3 is 2.20 bits per heavy atom. The van der Waals surface area contributed by atoms with Gasteiger partial charge in [0.15, 0.2) is 0 Å². The van der Waals surface area contributed by atoms with Crippen molar-refractivity contribution in [2.75, 3.05) is 26.7 Å². The van der Waals surface area contributed by atoms with Crippen molar-refractivity contribution in [2.24, 2.45) is 5.92 Å². The van der Waals surface area contributed by atoms with Crippen molar-refractivity contribution in [3.05, 3.63) is 71.8 Å². The second kappa shape index (κ2) is 9.43. The van der Waals surface area contributed by atoms with Crippen molar-refractivity contribution in [3.8, 4) is 0 Å². The molecule has 0 aromatic heterocycles. The van der Waals surface area contributed by atoms with Crippen LogP contribution in [0.15, 0.2) is 60.7 Å². The van der Waals surface area contributed by atoms with Crippen LogP contribution in [0.25, 0.3) is 0 Å². The van der Waals surface area contributed by atoms with Crippen LogP contribution in [0.5, 0.6) is 0 Å². The molecule has 0 saturated carbocycles. The van der Waals surface area contributed by atoms with Gasteiger partial charge in [-0.05, 0) is 24.0 Å². The maximum atomic E-state index is 12.9. The largest absolute Gasteiger partial charge is 0.341 e. The van der Waals surface area contributed by atoms with Gasteiger partial charge in [0, 0.05) is 52.2 Å². The minimum atomic E-state index is -0.214. The molecule has 2 aliphatic rings. The van der Waals surface area contributed by atoms with E-state index in [1.165, 1.54) is 5.56 Å². The second-order valence-electron chi connectivity index (χ2n) is 8.62. The lowest BCUT2D eigenvalue weighted by Gasteiger charge is -2.37. The Bertz CT molecular complexity index is 847. The normalized spacial score (nSPS) is 20.5. The van der Waals surface area contributed by atoms with Gasteiger partial charge in [0.05, 0.1) is 5.92 Å². The zero-order valence-electron chi connectivity index (χ0n) is 17.7. The first-order chi connectivity index (χ1) is 14.6. The average molecular weight is 406 g/mol. The summed E-state index contributed by atoms with van der Waals surface area (Å²) in [5.41, 5.74) is 2.45. The molecule has 0 spiro atoms. The second-order valence-corrected chi connectivity index (χ2v) is 8.62. The smallest absolute Gasteiger partial charge is 0.228 e. The third-order valence-electron chi connectivity index (χ3n) is 6.39. The highest BCUT2D eigenvalue weighted by molar-refractivity contribution is 5.89. The Morgan fingerprint density at radius 2 is 1.57 bits per heavy atom. The minimum absolute atomic E-state index is 0.0798. The number of hydrogen-bond acceptors (Lipinski definition) is 3. The van der Waals surface area contributed by atoms with E-state index in [1.807, 2.05) is 48.3 Å². The molecule has 158 valence electrons. The molecular formula is C25H31N3O2. The van der Waals surface area contributed by atoms with Gasteiger partial charge in [-0.2, -0.15) is 0 Å². The summed E-state index contributed by atoms with van der Waals surface area (Å²) < 4.78 is 0. The Kier molecular flexibility index (Phi) is 6.48. The van der Waals surface area contributed by atoms with Gasteiger partial charge in [-0.15, -0.1) is 0 Å². The molecule has 2 aliphatic heterocycles. The lowest BCUT2D eigenvalue weighted by Crippen LogP contribution is -2.45. The summed E-state index contributed by atoms with van der Waals surface area (Å²) in [4.78, 5) is 31.8. The molecule has 5 nitrogen and oxygen atoms in total. The molecule has 5 heteroatoms. The zero-order chi connectivity index (χ0) is 20.9. The lowest BCUT2D eigenvalue weighted by atomic mass is 10.0. The van der Waals surface area contributed by atoms with E-state index in [-0.39, 0.29) is 23.8 Å². The van der Waals surface area contributed by atoms with Crippen LogP contribution >= 0.6 is 0 Å². The fourth-order valence-corrected chi connectivity index (χ4v) is 4.73. The molecule has 2 amide bonds. The van der Waals surface area contributed by atoms with Crippen molar-refractivity contribution in [3.63, 3.8) is 0 Å². The van der Waals surface area contributed by atoms with Crippen molar-refractivity contribution < 1.29 is 9.59 Å². The Hall–Kier alpha value is -2.66. The molecule has 2 aromatic carbocycles. The monoisotopic (exact) mass is 405 g/mol. The number of carbonyl (C=O) groups is 2. The van der Waals surface area contributed by atoms with Crippen molar-refractivity contribution in [2.45, 2.75) is 38.4 Å². The summed E-state index contributed by atoms with van der Waals surface area (Å²) in [5.74, 6) is 0.00717. The Labute approximate surface area is 179 Å². The van der Waals surface area contributed by atoms with Crippen molar-refractivity contribution in [1.82, 2.24) is 14.7 Å². The molecule has 2 aromatic rings. The van der Waals surface area contributed by atoms with E-state index in [9.17, 15) is 9.59 Å². The van der Waals surface area contributed by atoms with Gasteiger partial charge >= 0.3 is 0 Å². The van der Waals surface area contributed by atoms with Crippen molar-refractivity contribution in [1.29, 1.82) is 0 Å². The van der Waals surface area contributed by atoms with E-state index in [2.05, 4.69) is 29.2 Å². The molecule has 30 heavy (non-hydrogen) atoms. The maximum Gasteiger partial charge on any atom is 0.228 e. The predicted molar refractivity (Wildman–Crippen MR) is 117 cm³/mol. The SMILES string of the molecule is CN(Cc1ccccc1)C(=O)C1CC(=O)N(C2CCN(Cc3ccccc3)CC2)C1. The summed E-state index contributed by atoms with van der Waals surface area (Å²) in [6, 6.07) is 20.8. The van der Waals surface area contributed by atoms with Crippen molar-refractivity contribution >= 4 is 11.8 Å². The van der Waals surface area contributed by atoms with Crippen LogP contribution < -0.4 is 0 Å². The fourth-order valence-electron chi connectivity index (χ4n) is 4.73. The van der Waals surface area contributed by atoms with Crippen LogP contribution in [-0.2, 0) is 22.7 Å². The number of carbonyl (C=O) groups excluding carboxylic acids is 2. The topological polar surface area (TPSA) is 43.9 Å². The van der Waals surface area contributed by atoms with Crippen LogP contribution in [0.4, 0.5) is 0 Å². The highest BCUT2D eigenvalue weighted by Crippen LogP contribution is 2.27. The highest BCUT2D eigenvalue weighted by atomic mass is 16.2. The van der Waals surface area contributed by atoms with E-state index in [1.54, 1.807) is 4.90 Å². The summed E-state index contributed by atoms with van der Waals surface area (Å²) in [6.45, 7) is 4.11. The van der Waals surface area contributed by atoms with E-state index in [4.69, 9.17) is 0 Å². The van der Waals surface area contributed by atoms with E-state index in [0.717, 1.165) is 38.0 Å². The first-order valence-corrected chi connectivity index (χ1v) is 10.9. The number of benzene rings is 2. The van der Waals surface area contributed by atoms with E-state index < -0.39 is 0 Å². The summed E-state index contributed by atoms with van der Waals surface area (Å²) in [7, 11) is 1.84. The van der Waals surface area contributed by atoms with Crippen LogP contribution in [0.2, 0.25) is 0 Å². The standard InChI is InChI=1S/C25H31N3O2/c1-26(17-20-8-4-2-5-9-20)25(30)22-16-24(29)28(19-22)23-12-14-27(15-13-23)18-21-10-6-3-7-11-21/h2-11,22-23H,12-19H2,1H3. The molecule has 2 heterocycles. The number of piperidine rings is 1. The lowest BCUT2D eigenvalue weighted by molar-refractivity contribution is -0.135. The minimum Gasteiger partial charge on any atom is -0.341 e. The third-order valence-corrected chi connectivity index (χ3v) is 6.39. The van der Waals surface area contributed by atoms with Crippen LogP contribution in [0.1, 0.15) is 30.4 Å². The Balaban J connectivity index is 1.28. The molecule has 1 unspecified atom stereocenters. The molecule has 1 atom stereocenters. The fraction of sp³-hybridized carbons (Fsp3) is 0.440. The van der Waals surface area contributed by atoms with Crippen LogP contribution in [-0.4, -0.2) is 59.2 Å². The summed E-state index contributed by atoms with van der Waals surface area (Å²) >= 11 is 0. The quantitative estimate of drug-likeness (QED) is 0.742. The molecule has 0 aliphatic carbocycles. The number of likely N-dealkylation sites (tertiary alicyclic amines) is 2. The molecule has 0 bridgehead atoms. The number of hydrogen-bond donors (Lipinski definition) is 0. The molecule has 2 saturated heterocycles. The third kappa shape index (κ3) is 4.90. The van der Waals surface area contributed by atoms with Crippen LogP contribution in [0, 0.1) is 5.92 Å². The number of nitrogens with zero attached hydrogens (tertiary/aromatic N) is 3. The van der Waals surface area contributed by atoms with Gasteiger partial charge in [-0.25, -0.2) is 0 Å². The Morgan fingerprint density at radius 1 is 0.967 bits per heavy atom.